The van der Waals surface area contributed by atoms with Crippen LogP contribution in [0.3, 0.4) is 0 Å². The van der Waals surface area contributed by atoms with E-state index in [0.717, 1.165) is 0 Å². The summed E-state index contributed by atoms with van der Waals surface area (Å²) < 4.78 is 5.58. The van der Waals surface area contributed by atoms with Crippen molar-refractivity contribution in [1.29, 1.82) is 0 Å². The van der Waals surface area contributed by atoms with Gasteiger partial charge in [0.15, 0.2) is 0 Å². The fraction of sp³-hybridized carbons (Fsp3) is 0.0769. The maximum absolute atomic E-state index is 10.4. The highest BCUT2D eigenvalue weighted by atomic mass is 16.5. The second kappa shape index (κ2) is 5.67. The summed E-state index contributed by atoms with van der Waals surface area (Å²) in [6.45, 7) is -0.129. The molecule has 0 saturated heterocycles. The van der Waals surface area contributed by atoms with Crippen molar-refractivity contribution in [3.63, 3.8) is 0 Å². The quantitative estimate of drug-likeness (QED) is 0.844. The third kappa shape index (κ3) is 3.48. The van der Waals surface area contributed by atoms with Crippen molar-refractivity contribution in [2.24, 2.45) is 0 Å². The Morgan fingerprint density at radius 3 is 2.83 bits per heavy atom. The Kier molecular flexibility index (Phi) is 3.76. The number of hydrogen-bond donors (Lipinski definition) is 2. The number of rotatable bonds is 5. The van der Waals surface area contributed by atoms with Crippen molar-refractivity contribution < 1.29 is 14.6 Å². The number of carboxylic acid groups (broad SMARTS) is 1. The molecule has 0 atom stereocenters. The van der Waals surface area contributed by atoms with Crippen LogP contribution in [0.25, 0.3) is 0 Å². The minimum Gasteiger partial charge on any atom is -0.480 e. The number of benzene rings is 1. The number of pyridine rings is 1. The second-order valence-corrected chi connectivity index (χ2v) is 3.57. The third-order valence-electron chi connectivity index (χ3n) is 2.15. The summed E-state index contributed by atoms with van der Waals surface area (Å²) in [7, 11) is 0. The molecule has 0 aliphatic rings. The Morgan fingerprint density at radius 1 is 1.28 bits per heavy atom. The number of ether oxygens (including phenoxy) is 1. The van der Waals surface area contributed by atoms with Crippen LogP contribution < -0.4 is 10.1 Å². The molecule has 0 aliphatic heterocycles. The number of anilines is 1. The van der Waals surface area contributed by atoms with Crippen LogP contribution in [-0.2, 0) is 4.79 Å². The lowest BCUT2D eigenvalue weighted by Crippen LogP contribution is -2.12. The molecule has 0 unspecified atom stereocenters. The van der Waals surface area contributed by atoms with Gasteiger partial charge in [0, 0.05) is 18.0 Å². The van der Waals surface area contributed by atoms with Gasteiger partial charge in [-0.05, 0) is 24.3 Å². The molecule has 2 rings (SSSR count). The van der Waals surface area contributed by atoms with Crippen LogP contribution in [0.5, 0.6) is 11.5 Å². The molecule has 5 nitrogen and oxygen atoms in total. The van der Waals surface area contributed by atoms with E-state index in [0.29, 0.717) is 17.2 Å². The summed E-state index contributed by atoms with van der Waals surface area (Å²) >= 11 is 0. The van der Waals surface area contributed by atoms with Gasteiger partial charge in [0.25, 0.3) is 0 Å². The first-order valence-corrected chi connectivity index (χ1v) is 5.37. The molecule has 18 heavy (non-hydrogen) atoms. The van der Waals surface area contributed by atoms with E-state index < -0.39 is 5.97 Å². The van der Waals surface area contributed by atoms with Gasteiger partial charge in [-0.1, -0.05) is 6.07 Å². The summed E-state index contributed by atoms with van der Waals surface area (Å²) in [6, 6.07) is 10.7. The fourth-order valence-electron chi connectivity index (χ4n) is 1.39. The van der Waals surface area contributed by atoms with Crippen molar-refractivity contribution in [2.45, 2.75) is 0 Å². The molecule has 1 heterocycles. The van der Waals surface area contributed by atoms with Crippen molar-refractivity contribution in [1.82, 2.24) is 4.98 Å². The Labute approximate surface area is 104 Å². The first kappa shape index (κ1) is 11.9. The third-order valence-corrected chi connectivity index (χ3v) is 2.15. The zero-order valence-corrected chi connectivity index (χ0v) is 9.54. The van der Waals surface area contributed by atoms with E-state index in [2.05, 4.69) is 10.3 Å². The van der Waals surface area contributed by atoms with Crippen LogP contribution in [0.1, 0.15) is 0 Å². The van der Waals surface area contributed by atoms with Gasteiger partial charge in [-0.25, -0.2) is 0 Å². The molecule has 1 aromatic heterocycles. The standard InChI is InChI=1S/C13H12N2O3/c16-13(17)9-15-10-3-1-4-11(7-10)18-12-5-2-6-14-8-12/h1-8,15H,9H2,(H,16,17). The Bertz CT molecular complexity index is 529. The number of nitrogens with one attached hydrogen (secondary N) is 1. The zero-order chi connectivity index (χ0) is 12.8. The molecule has 5 heteroatoms. The minimum atomic E-state index is -0.909. The number of nitrogens with zero attached hydrogens (tertiary/aromatic N) is 1. The zero-order valence-electron chi connectivity index (χ0n) is 9.54. The van der Waals surface area contributed by atoms with Gasteiger partial charge in [-0.15, -0.1) is 0 Å². The lowest BCUT2D eigenvalue weighted by atomic mass is 10.3. The molecule has 1 aromatic carbocycles. The van der Waals surface area contributed by atoms with Gasteiger partial charge >= 0.3 is 5.97 Å². The van der Waals surface area contributed by atoms with E-state index in [1.165, 1.54) is 0 Å². The lowest BCUT2D eigenvalue weighted by molar-refractivity contribution is -0.134. The number of aromatic nitrogens is 1. The van der Waals surface area contributed by atoms with Gasteiger partial charge in [0.2, 0.25) is 0 Å². The first-order valence-electron chi connectivity index (χ1n) is 5.37. The van der Waals surface area contributed by atoms with Gasteiger partial charge < -0.3 is 15.2 Å². The first-order chi connectivity index (χ1) is 8.74. The van der Waals surface area contributed by atoms with E-state index in [4.69, 9.17) is 9.84 Å². The van der Waals surface area contributed by atoms with Crippen LogP contribution in [0.2, 0.25) is 0 Å². The molecule has 0 aliphatic carbocycles. The Morgan fingerprint density at radius 2 is 2.11 bits per heavy atom. The van der Waals surface area contributed by atoms with Gasteiger partial charge in [-0.2, -0.15) is 0 Å². The summed E-state index contributed by atoms with van der Waals surface area (Å²) in [5.74, 6) is 0.347. The maximum atomic E-state index is 10.4. The molecule has 0 bridgehead atoms. The van der Waals surface area contributed by atoms with E-state index in [1.807, 2.05) is 0 Å². The smallest absolute Gasteiger partial charge is 0.322 e. The molecule has 0 saturated carbocycles. The molecular formula is C13H12N2O3. The van der Waals surface area contributed by atoms with Gasteiger partial charge in [-0.3, -0.25) is 9.78 Å². The highest BCUT2D eigenvalue weighted by Crippen LogP contribution is 2.23. The molecule has 2 N–H and O–H groups in total. The van der Waals surface area contributed by atoms with Crippen LogP contribution in [0.4, 0.5) is 5.69 Å². The Balaban J connectivity index is 2.05. The fourth-order valence-corrected chi connectivity index (χ4v) is 1.39. The molecule has 0 radical (unpaired) electrons. The highest BCUT2D eigenvalue weighted by molar-refractivity contribution is 5.72. The van der Waals surface area contributed by atoms with Crippen LogP contribution in [0, 0.1) is 0 Å². The lowest BCUT2D eigenvalue weighted by Gasteiger charge is -2.07. The molecule has 2 aromatic rings. The second-order valence-electron chi connectivity index (χ2n) is 3.57. The summed E-state index contributed by atoms with van der Waals surface area (Å²) in [5, 5.41) is 11.4. The predicted molar refractivity (Wildman–Crippen MR) is 66.9 cm³/mol. The molecule has 92 valence electrons. The molecule has 0 fully saturated rings. The summed E-state index contributed by atoms with van der Waals surface area (Å²) in [5.41, 5.74) is 0.693. The topological polar surface area (TPSA) is 71.5 Å². The number of hydrogen-bond acceptors (Lipinski definition) is 4. The normalized spacial score (nSPS) is 9.78. The van der Waals surface area contributed by atoms with Crippen LogP contribution in [-0.4, -0.2) is 22.6 Å². The minimum absolute atomic E-state index is 0.129. The number of carbonyl (C=O) groups is 1. The van der Waals surface area contributed by atoms with E-state index in [-0.39, 0.29) is 6.54 Å². The van der Waals surface area contributed by atoms with Crippen molar-refractivity contribution in [2.75, 3.05) is 11.9 Å². The van der Waals surface area contributed by atoms with E-state index in [1.54, 1.807) is 48.8 Å². The average Bonchev–Trinajstić information content (AvgIpc) is 2.38. The van der Waals surface area contributed by atoms with Crippen LogP contribution in [0.15, 0.2) is 48.8 Å². The van der Waals surface area contributed by atoms with Crippen molar-refractivity contribution >= 4 is 11.7 Å². The molecule has 0 spiro atoms. The SMILES string of the molecule is O=C(O)CNc1cccc(Oc2cccnc2)c1. The largest absolute Gasteiger partial charge is 0.480 e. The number of carboxylic acids is 1. The van der Waals surface area contributed by atoms with Crippen molar-refractivity contribution in [3.8, 4) is 11.5 Å². The van der Waals surface area contributed by atoms with Crippen LogP contribution >= 0.6 is 0 Å². The molecule has 0 amide bonds. The van der Waals surface area contributed by atoms with E-state index >= 15 is 0 Å². The predicted octanol–water partition coefficient (Wildman–Crippen LogP) is 2.37. The summed E-state index contributed by atoms with van der Waals surface area (Å²) in [4.78, 5) is 14.4. The highest BCUT2D eigenvalue weighted by Gasteiger charge is 2.00. The van der Waals surface area contributed by atoms with E-state index in [9.17, 15) is 4.79 Å². The van der Waals surface area contributed by atoms with Gasteiger partial charge in [0.1, 0.15) is 18.0 Å². The maximum Gasteiger partial charge on any atom is 0.322 e. The Hall–Kier alpha value is -2.56. The van der Waals surface area contributed by atoms with Gasteiger partial charge in [0.05, 0.1) is 6.20 Å². The molecular weight excluding hydrogens is 232 g/mol. The van der Waals surface area contributed by atoms with Crippen molar-refractivity contribution in [3.05, 3.63) is 48.8 Å². The monoisotopic (exact) mass is 244 g/mol. The number of aliphatic carboxylic acids is 1. The summed E-state index contributed by atoms with van der Waals surface area (Å²) in [6.07, 6.45) is 3.27. The average molecular weight is 244 g/mol.